The fraction of sp³-hybridized carbons (Fsp3) is 0.500. The number of benzene rings is 1. The van der Waals surface area contributed by atoms with Crippen molar-refractivity contribution in [2.75, 3.05) is 11.5 Å². The minimum Gasteiger partial charge on any atom is -0.480 e. The molecule has 0 aliphatic heterocycles. The van der Waals surface area contributed by atoms with E-state index in [4.69, 9.17) is 5.11 Å². The average molecular weight is 341 g/mol. The quantitative estimate of drug-likeness (QED) is 0.704. The van der Waals surface area contributed by atoms with E-state index < -0.39 is 33.5 Å². The first-order valence-electron chi connectivity index (χ1n) is 7.48. The van der Waals surface area contributed by atoms with E-state index in [2.05, 4.69) is 5.32 Å². The summed E-state index contributed by atoms with van der Waals surface area (Å²) in [5.41, 5.74) is 1.04. The van der Waals surface area contributed by atoms with Crippen molar-refractivity contribution in [3.05, 3.63) is 35.9 Å². The number of aliphatic carboxylic acids is 1. The van der Waals surface area contributed by atoms with Crippen molar-refractivity contribution in [1.29, 1.82) is 0 Å². The number of carbonyl (C=O) groups is 2. The van der Waals surface area contributed by atoms with Crippen LogP contribution in [0.1, 0.15) is 25.8 Å². The molecule has 128 valence electrons. The molecule has 0 saturated carbocycles. The van der Waals surface area contributed by atoms with Crippen LogP contribution in [0.25, 0.3) is 0 Å². The molecule has 0 radical (unpaired) electrons. The van der Waals surface area contributed by atoms with Gasteiger partial charge in [0.25, 0.3) is 0 Å². The number of amides is 1. The van der Waals surface area contributed by atoms with Gasteiger partial charge in [-0.05, 0) is 24.3 Å². The number of sulfone groups is 1. The first kappa shape index (κ1) is 19.2. The maximum atomic E-state index is 11.9. The molecule has 0 bridgehead atoms. The SMILES string of the molecule is CC(C)[C@@H](NC(=O)CS(=O)(=O)CCCc1ccccc1)C(=O)O. The molecule has 1 amide bonds. The Morgan fingerprint density at radius 3 is 2.30 bits per heavy atom. The summed E-state index contributed by atoms with van der Waals surface area (Å²) in [6, 6.07) is 8.41. The number of nitrogens with one attached hydrogen (secondary N) is 1. The predicted molar refractivity (Wildman–Crippen MR) is 87.8 cm³/mol. The Hall–Kier alpha value is -1.89. The van der Waals surface area contributed by atoms with Gasteiger partial charge in [-0.25, -0.2) is 13.2 Å². The van der Waals surface area contributed by atoms with Gasteiger partial charge in [0.1, 0.15) is 11.8 Å². The number of hydrogen-bond donors (Lipinski definition) is 2. The van der Waals surface area contributed by atoms with Gasteiger partial charge in [0.05, 0.1) is 5.75 Å². The molecule has 0 heterocycles. The summed E-state index contributed by atoms with van der Waals surface area (Å²) in [6.07, 6.45) is 1.04. The van der Waals surface area contributed by atoms with Crippen LogP contribution in [0.2, 0.25) is 0 Å². The Bertz CT molecular complexity index is 625. The number of aryl methyl sites for hydroxylation is 1. The minimum atomic E-state index is -3.55. The van der Waals surface area contributed by atoms with Crippen LogP contribution in [0.3, 0.4) is 0 Å². The molecule has 1 aromatic rings. The highest BCUT2D eigenvalue weighted by molar-refractivity contribution is 7.92. The fourth-order valence-electron chi connectivity index (χ4n) is 2.14. The van der Waals surface area contributed by atoms with Crippen molar-refractivity contribution in [1.82, 2.24) is 5.32 Å². The highest BCUT2D eigenvalue weighted by Crippen LogP contribution is 2.06. The van der Waals surface area contributed by atoms with Gasteiger partial charge in [0.15, 0.2) is 9.84 Å². The van der Waals surface area contributed by atoms with E-state index in [0.717, 1.165) is 5.56 Å². The number of carboxylic acids is 1. The van der Waals surface area contributed by atoms with E-state index in [0.29, 0.717) is 12.8 Å². The van der Waals surface area contributed by atoms with E-state index in [1.807, 2.05) is 30.3 Å². The summed E-state index contributed by atoms with van der Waals surface area (Å²) < 4.78 is 23.9. The Kier molecular flexibility index (Phi) is 7.22. The molecule has 0 unspecified atom stereocenters. The highest BCUT2D eigenvalue weighted by atomic mass is 32.2. The lowest BCUT2D eigenvalue weighted by Gasteiger charge is -2.17. The normalized spacial score (nSPS) is 12.8. The van der Waals surface area contributed by atoms with Gasteiger partial charge in [-0.1, -0.05) is 44.2 Å². The van der Waals surface area contributed by atoms with E-state index in [1.165, 1.54) is 0 Å². The van der Waals surface area contributed by atoms with Crippen LogP contribution >= 0.6 is 0 Å². The molecule has 0 fully saturated rings. The van der Waals surface area contributed by atoms with Gasteiger partial charge in [0.2, 0.25) is 5.91 Å². The van der Waals surface area contributed by atoms with E-state index >= 15 is 0 Å². The molecule has 1 atom stereocenters. The molecule has 2 N–H and O–H groups in total. The zero-order valence-corrected chi connectivity index (χ0v) is 14.2. The lowest BCUT2D eigenvalue weighted by molar-refractivity contribution is -0.142. The highest BCUT2D eigenvalue weighted by Gasteiger charge is 2.25. The number of rotatable bonds is 9. The third kappa shape index (κ3) is 7.27. The van der Waals surface area contributed by atoms with Crippen molar-refractivity contribution in [2.45, 2.75) is 32.7 Å². The molecular weight excluding hydrogens is 318 g/mol. The van der Waals surface area contributed by atoms with Gasteiger partial charge in [-0.3, -0.25) is 4.79 Å². The summed E-state index contributed by atoms with van der Waals surface area (Å²) in [5.74, 6) is -3.05. The van der Waals surface area contributed by atoms with Gasteiger partial charge in [-0.2, -0.15) is 0 Å². The fourth-order valence-corrected chi connectivity index (χ4v) is 3.35. The van der Waals surface area contributed by atoms with Crippen molar-refractivity contribution < 1.29 is 23.1 Å². The average Bonchev–Trinajstić information content (AvgIpc) is 2.44. The van der Waals surface area contributed by atoms with Crippen LogP contribution < -0.4 is 5.32 Å². The Labute approximate surface area is 136 Å². The van der Waals surface area contributed by atoms with Crippen LogP contribution in [0.5, 0.6) is 0 Å². The first-order chi connectivity index (χ1) is 10.7. The van der Waals surface area contributed by atoms with Gasteiger partial charge >= 0.3 is 5.97 Å². The smallest absolute Gasteiger partial charge is 0.326 e. The molecule has 0 aromatic heterocycles. The summed E-state index contributed by atoms with van der Waals surface area (Å²) in [6.45, 7) is 3.29. The summed E-state index contributed by atoms with van der Waals surface area (Å²) in [7, 11) is -3.55. The second kappa shape index (κ2) is 8.67. The Morgan fingerprint density at radius 2 is 1.78 bits per heavy atom. The van der Waals surface area contributed by atoms with Crippen LogP contribution in [-0.4, -0.2) is 42.9 Å². The van der Waals surface area contributed by atoms with Crippen molar-refractivity contribution in [2.24, 2.45) is 5.92 Å². The molecule has 0 aliphatic carbocycles. The Balaban J connectivity index is 2.47. The number of hydrogen-bond acceptors (Lipinski definition) is 4. The second-order valence-electron chi connectivity index (χ2n) is 5.81. The first-order valence-corrected chi connectivity index (χ1v) is 9.30. The van der Waals surface area contributed by atoms with E-state index in [9.17, 15) is 18.0 Å². The third-order valence-corrected chi connectivity index (χ3v) is 4.98. The molecule has 6 nitrogen and oxygen atoms in total. The summed E-state index contributed by atoms with van der Waals surface area (Å²) in [5, 5.41) is 11.3. The molecule has 1 rings (SSSR count). The maximum absolute atomic E-state index is 11.9. The van der Waals surface area contributed by atoms with Crippen molar-refractivity contribution in [3.8, 4) is 0 Å². The predicted octanol–water partition coefficient (Wildman–Crippen LogP) is 1.26. The standard InChI is InChI=1S/C16H23NO5S/c1-12(2)15(16(19)20)17-14(18)11-23(21,22)10-6-9-13-7-4-3-5-8-13/h3-5,7-8,12,15H,6,9-11H2,1-2H3,(H,17,18)(H,19,20)/t15-/m1/s1. The molecule has 7 heteroatoms. The van der Waals surface area contributed by atoms with Crippen molar-refractivity contribution >= 4 is 21.7 Å². The lowest BCUT2D eigenvalue weighted by Crippen LogP contribution is -2.46. The molecular formula is C16H23NO5S. The molecule has 0 aliphatic rings. The monoisotopic (exact) mass is 341 g/mol. The topological polar surface area (TPSA) is 101 Å². The molecule has 1 aromatic carbocycles. The van der Waals surface area contributed by atoms with Crippen molar-refractivity contribution in [3.63, 3.8) is 0 Å². The van der Waals surface area contributed by atoms with Crippen LogP contribution in [0.4, 0.5) is 0 Å². The third-order valence-electron chi connectivity index (χ3n) is 3.36. The van der Waals surface area contributed by atoms with Gasteiger partial charge < -0.3 is 10.4 Å². The van der Waals surface area contributed by atoms with Gasteiger partial charge in [0, 0.05) is 0 Å². The van der Waals surface area contributed by atoms with Gasteiger partial charge in [-0.15, -0.1) is 0 Å². The van der Waals surface area contributed by atoms with Crippen LogP contribution in [-0.2, 0) is 25.8 Å². The molecule has 0 spiro atoms. The maximum Gasteiger partial charge on any atom is 0.326 e. The lowest BCUT2D eigenvalue weighted by atomic mass is 10.1. The van der Waals surface area contributed by atoms with E-state index in [1.54, 1.807) is 13.8 Å². The van der Waals surface area contributed by atoms with Crippen LogP contribution in [0, 0.1) is 5.92 Å². The molecule has 0 saturated heterocycles. The molecule has 23 heavy (non-hydrogen) atoms. The zero-order valence-electron chi connectivity index (χ0n) is 13.4. The Morgan fingerprint density at radius 1 is 1.17 bits per heavy atom. The minimum absolute atomic E-state index is 0.102. The largest absolute Gasteiger partial charge is 0.480 e. The zero-order chi connectivity index (χ0) is 17.5. The summed E-state index contributed by atoms with van der Waals surface area (Å²) >= 11 is 0. The van der Waals surface area contributed by atoms with E-state index in [-0.39, 0.29) is 11.7 Å². The summed E-state index contributed by atoms with van der Waals surface area (Å²) in [4.78, 5) is 22.8. The second-order valence-corrected chi connectivity index (χ2v) is 7.99. The van der Waals surface area contributed by atoms with Crippen LogP contribution in [0.15, 0.2) is 30.3 Å². The number of carboxylic acid groups (broad SMARTS) is 1. The number of carbonyl (C=O) groups excluding carboxylic acids is 1.